The van der Waals surface area contributed by atoms with Gasteiger partial charge in [0.1, 0.15) is 5.82 Å². The molecule has 2 amide bonds. The number of nitrogens with zero attached hydrogens (tertiary/aromatic N) is 2. The van der Waals surface area contributed by atoms with Crippen molar-refractivity contribution in [2.24, 2.45) is 0 Å². The van der Waals surface area contributed by atoms with Gasteiger partial charge in [0.25, 0.3) is 0 Å². The Hall–Kier alpha value is -2.41. The van der Waals surface area contributed by atoms with Crippen LogP contribution in [0.1, 0.15) is 12.0 Å². The first-order valence-electron chi connectivity index (χ1n) is 6.60. The summed E-state index contributed by atoms with van der Waals surface area (Å²) in [4.78, 5) is 15.3. The van der Waals surface area contributed by atoms with Gasteiger partial charge < -0.3 is 20.3 Å². The zero-order valence-corrected chi connectivity index (χ0v) is 11.4. The molecule has 0 unspecified atom stereocenters. The van der Waals surface area contributed by atoms with Crippen LogP contribution in [0, 0.1) is 5.82 Å². The summed E-state index contributed by atoms with van der Waals surface area (Å²) in [5.41, 5.74) is 1.07. The number of aliphatic hydroxyl groups is 1. The normalized spacial score (nSPS) is 10.4. The average Bonchev–Trinajstić information content (AvgIpc) is 2.99. The first-order chi connectivity index (χ1) is 10.2. The molecule has 6 nitrogen and oxygen atoms in total. The molecule has 0 saturated carbocycles. The van der Waals surface area contributed by atoms with E-state index in [1.807, 2.05) is 0 Å². The molecule has 0 aliphatic carbocycles. The second kappa shape index (κ2) is 7.39. The van der Waals surface area contributed by atoms with Crippen LogP contribution in [-0.4, -0.2) is 33.8 Å². The van der Waals surface area contributed by atoms with Crippen LogP contribution in [0.3, 0.4) is 0 Å². The largest absolute Gasteiger partial charge is 0.396 e. The first-order valence-corrected chi connectivity index (χ1v) is 6.60. The lowest BCUT2D eigenvalue weighted by molar-refractivity contribution is 0.237. The third-order valence-corrected chi connectivity index (χ3v) is 2.87. The summed E-state index contributed by atoms with van der Waals surface area (Å²) in [6.45, 7) is 0.656. The SMILES string of the molecule is O=C(NCCCO)NCc1ccc(-n2ccnc2)c(F)c1. The molecule has 2 aromatic rings. The van der Waals surface area contributed by atoms with Gasteiger partial charge >= 0.3 is 6.03 Å². The first kappa shape index (κ1) is 15.0. The Morgan fingerprint density at radius 2 is 2.24 bits per heavy atom. The maximum Gasteiger partial charge on any atom is 0.315 e. The molecular weight excluding hydrogens is 275 g/mol. The minimum absolute atomic E-state index is 0.0290. The van der Waals surface area contributed by atoms with Crippen LogP contribution in [0.4, 0.5) is 9.18 Å². The van der Waals surface area contributed by atoms with Crippen LogP contribution >= 0.6 is 0 Å². The van der Waals surface area contributed by atoms with E-state index in [4.69, 9.17) is 5.11 Å². The molecule has 0 aliphatic heterocycles. The van der Waals surface area contributed by atoms with Crippen molar-refractivity contribution in [1.29, 1.82) is 0 Å². The van der Waals surface area contributed by atoms with Gasteiger partial charge in [-0.25, -0.2) is 14.2 Å². The van der Waals surface area contributed by atoms with E-state index in [9.17, 15) is 9.18 Å². The molecule has 3 N–H and O–H groups in total. The number of amides is 2. The van der Waals surface area contributed by atoms with Crippen molar-refractivity contribution >= 4 is 6.03 Å². The molecule has 0 spiro atoms. The highest BCUT2D eigenvalue weighted by atomic mass is 19.1. The molecule has 112 valence electrons. The van der Waals surface area contributed by atoms with Gasteiger partial charge in [0, 0.05) is 32.1 Å². The Morgan fingerprint density at radius 1 is 1.38 bits per heavy atom. The van der Waals surface area contributed by atoms with E-state index < -0.39 is 0 Å². The molecule has 1 heterocycles. The van der Waals surface area contributed by atoms with Crippen molar-refractivity contribution < 1.29 is 14.3 Å². The fraction of sp³-hybridized carbons (Fsp3) is 0.286. The van der Waals surface area contributed by atoms with Crippen LogP contribution in [-0.2, 0) is 6.54 Å². The summed E-state index contributed by atoms with van der Waals surface area (Å²) in [7, 11) is 0. The van der Waals surface area contributed by atoms with E-state index in [1.54, 1.807) is 29.1 Å². The second-order valence-corrected chi connectivity index (χ2v) is 4.44. The highest BCUT2D eigenvalue weighted by Crippen LogP contribution is 2.14. The number of hydrogen-bond donors (Lipinski definition) is 3. The Bertz CT molecular complexity index is 587. The van der Waals surface area contributed by atoms with Crippen LogP contribution in [0.2, 0.25) is 0 Å². The number of halogens is 1. The molecule has 0 aliphatic rings. The lowest BCUT2D eigenvalue weighted by Gasteiger charge is -2.09. The Morgan fingerprint density at radius 3 is 2.90 bits per heavy atom. The Kier molecular flexibility index (Phi) is 5.28. The average molecular weight is 292 g/mol. The van der Waals surface area contributed by atoms with Crippen molar-refractivity contribution in [3.63, 3.8) is 0 Å². The summed E-state index contributed by atoms with van der Waals surface area (Å²) < 4.78 is 15.6. The fourth-order valence-electron chi connectivity index (χ4n) is 1.80. The molecule has 2 rings (SSSR count). The topological polar surface area (TPSA) is 79.2 Å². The third-order valence-electron chi connectivity index (χ3n) is 2.87. The minimum Gasteiger partial charge on any atom is -0.396 e. The molecule has 1 aromatic heterocycles. The summed E-state index contributed by atoms with van der Waals surface area (Å²) in [6.07, 6.45) is 5.25. The number of aromatic nitrogens is 2. The predicted molar refractivity (Wildman–Crippen MR) is 75.5 cm³/mol. The number of carbonyl (C=O) groups excluding carboxylic acids is 1. The number of rotatable bonds is 6. The van der Waals surface area contributed by atoms with Gasteiger partial charge in [0.2, 0.25) is 0 Å². The Balaban J connectivity index is 1.90. The highest BCUT2D eigenvalue weighted by Gasteiger charge is 2.06. The van der Waals surface area contributed by atoms with Crippen molar-refractivity contribution in [3.8, 4) is 5.69 Å². The smallest absolute Gasteiger partial charge is 0.315 e. The molecular formula is C14H17FN4O2. The zero-order chi connectivity index (χ0) is 15.1. The van der Waals surface area contributed by atoms with Crippen molar-refractivity contribution in [3.05, 3.63) is 48.3 Å². The lowest BCUT2D eigenvalue weighted by Crippen LogP contribution is -2.35. The molecule has 0 fully saturated rings. The van der Waals surface area contributed by atoms with Gasteiger partial charge in [-0.2, -0.15) is 0 Å². The fourth-order valence-corrected chi connectivity index (χ4v) is 1.80. The van der Waals surface area contributed by atoms with Gasteiger partial charge in [-0.3, -0.25) is 0 Å². The standard InChI is InChI=1S/C14H17FN4O2/c15-12-8-11(9-18-14(21)17-4-1-7-20)2-3-13(12)19-6-5-16-10-19/h2-3,5-6,8,10,20H,1,4,7,9H2,(H2,17,18,21). The second-order valence-electron chi connectivity index (χ2n) is 4.44. The maximum atomic E-state index is 14.0. The highest BCUT2D eigenvalue weighted by molar-refractivity contribution is 5.73. The van der Waals surface area contributed by atoms with Crippen LogP contribution in [0.5, 0.6) is 0 Å². The number of urea groups is 1. The summed E-state index contributed by atoms with van der Waals surface area (Å²) in [5, 5.41) is 13.8. The molecule has 0 radical (unpaired) electrons. The monoisotopic (exact) mass is 292 g/mol. The van der Waals surface area contributed by atoms with Crippen molar-refractivity contribution in [1.82, 2.24) is 20.2 Å². The lowest BCUT2D eigenvalue weighted by atomic mass is 10.2. The van der Waals surface area contributed by atoms with Crippen LogP contribution in [0.25, 0.3) is 5.69 Å². The number of hydrogen-bond acceptors (Lipinski definition) is 3. The molecule has 1 aromatic carbocycles. The van der Waals surface area contributed by atoms with E-state index in [2.05, 4.69) is 15.6 Å². The van der Waals surface area contributed by atoms with Crippen LogP contribution in [0.15, 0.2) is 36.9 Å². The number of benzene rings is 1. The van der Waals surface area contributed by atoms with E-state index in [1.165, 1.54) is 12.4 Å². The van der Waals surface area contributed by atoms with E-state index in [0.717, 1.165) is 0 Å². The molecule has 21 heavy (non-hydrogen) atoms. The third kappa shape index (κ3) is 4.28. The van der Waals surface area contributed by atoms with Gasteiger partial charge in [0.15, 0.2) is 0 Å². The summed E-state index contributed by atoms with van der Waals surface area (Å²) in [5.74, 6) is -0.381. The quantitative estimate of drug-likeness (QED) is 0.700. The molecule has 0 bridgehead atoms. The summed E-state index contributed by atoms with van der Waals surface area (Å²) >= 11 is 0. The van der Waals surface area contributed by atoms with E-state index in [-0.39, 0.29) is 25.0 Å². The van der Waals surface area contributed by atoms with Crippen LogP contribution < -0.4 is 10.6 Å². The molecule has 0 saturated heterocycles. The van der Waals surface area contributed by atoms with Gasteiger partial charge in [-0.1, -0.05) is 6.07 Å². The minimum atomic E-state index is -0.381. The number of carbonyl (C=O) groups is 1. The van der Waals surface area contributed by atoms with Gasteiger partial charge in [0.05, 0.1) is 12.0 Å². The number of imidazole rings is 1. The molecule has 0 atom stereocenters. The van der Waals surface area contributed by atoms with Gasteiger partial charge in [-0.15, -0.1) is 0 Å². The maximum absolute atomic E-state index is 14.0. The van der Waals surface area contributed by atoms with Crippen molar-refractivity contribution in [2.75, 3.05) is 13.2 Å². The number of aliphatic hydroxyl groups excluding tert-OH is 1. The van der Waals surface area contributed by atoms with Gasteiger partial charge in [-0.05, 0) is 24.1 Å². The summed E-state index contributed by atoms with van der Waals surface area (Å²) in [6, 6.07) is 4.41. The zero-order valence-electron chi connectivity index (χ0n) is 11.4. The van der Waals surface area contributed by atoms with Crippen molar-refractivity contribution in [2.45, 2.75) is 13.0 Å². The molecule has 7 heteroatoms. The number of nitrogens with one attached hydrogen (secondary N) is 2. The van der Waals surface area contributed by atoms with E-state index in [0.29, 0.717) is 24.2 Å². The Labute approximate surface area is 121 Å². The van der Waals surface area contributed by atoms with E-state index >= 15 is 0 Å². The predicted octanol–water partition coefficient (Wildman–Crippen LogP) is 1.19.